The minimum atomic E-state index is 0.0186. The van der Waals surface area contributed by atoms with Crippen LogP contribution in [-0.4, -0.2) is 58.7 Å². The monoisotopic (exact) mass is 914 g/mol. The van der Waals surface area contributed by atoms with Gasteiger partial charge in [0.2, 0.25) is 0 Å². The molecule has 0 fully saturated rings. The number of carbonyl (C=O) groups excluding carboxylic acids is 2. The van der Waals surface area contributed by atoms with Gasteiger partial charge in [-0.1, -0.05) is 202 Å². The summed E-state index contributed by atoms with van der Waals surface area (Å²) in [6.07, 6.45) is 48.6. The van der Waals surface area contributed by atoms with E-state index >= 15 is 0 Å². The molecule has 0 aliphatic carbocycles. The molecule has 65 heavy (non-hydrogen) atoms. The maximum Gasteiger partial charge on any atom is 0.305 e. The molecule has 0 N–H and O–H groups in total. The number of ether oxygens (including phenoxy) is 2. The number of hydrogen-bond acceptors (Lipinski definition) is 6. The number of unbranched alkanes of at least 4 members (excludes halogenated alkanes) is 19. The van der Waals surface area contributed by atoms with E-state index in [0.29, 0.717) is 43.9 Å². The zero-order valence-electron chi connectivity index (χ0n) is 44.6. The Morgan fingerprint density at radius 2 is 0.908 bits per heavy atom. The summed E-state index contributed by atoms with van der Waals surface area (Å²) in [7, 11) is 0. The van der Waals surface area contributed by atoms with E-state index in [1.165, 1.54) is 199 Å². The first-order valence-corrected chi connectivity index (χ1v) is 28.8. The van der Waals surface area contributed by atoms with E-state index in [9.17, 15) is 9.59 Å². The molecule has 1 aromatic heterocycles. The predicted octanol–water partition coefficient (Wildman–Crippen LogP) is 17.4. The van der Waals surface area contributed by atoms with E-state index in [2.05, 4.69) is 69.1 Å². The molecule has 0 saturated heterocycles. The summed E-state index contributed by atoms with van der Waals surface area (Å²) in [6.45, 7) is 20.5. The van der Waals surface area contributed by atoms with E-state index < -0.39 is 0 Å². The molecule has 1 rings (SSSR count). The van der Waals surface area contributed by atoms with Crippen LogP contribution in [-0.2, 0) is 25.6 Å². The highest BCUT2D eigenvalue weighted by molar-refractivity contribution is 5.69. The van der Waals surface area contributed by atoms with Gasteiger partial charge in [-0.2, -0.15) is 0 Å². The van der Waals surface area contributed by atoms with Crippen LogP contribution >= 0.6 is 0 Å². The molecule has 0 spiro atoms. The Labute approximate surface area is 404 Å². The second-order valence-electron chi connectivity index (χ2n) is 20.6. The van der Waals surface area contributed by atoms with Crippen LogP contribution in [0.1, 0.15) is 285 Å². The van der Waals surface area contributed by atoms with Gasteiger partial charge in [0.1, 0.15) is 0 Å². The third kappa shape index (κ3) is 35.9. The molecule has 7 nitrogen and oxygen atoms in total. The largest absolute Gasteiger partial charge is 0.465 e. The van der Waals surface area contributed by atoms with Gasteiger partial charge in [0.05, 0.1) is 25.2 Å². The molecule has 0 aromatic carbocycles. The van der Waals surface area contributed by atoms with Crippen molar-refractivity contribution >= 4 is 11.9 Å². The second-order valence-corrected chi connectivity index (χ2v) is 20.6. The molecular formula is C58H111N3O4. The first-order chi connectivity index (χ1) is 31.8. The number of aryl methyl sites for hydroxylation is 2. The van der Waals surface area contributed by atoms with Gasteiger partial charge in [0.25, 0.3) is 0 Å². The molecule has 0 radical (unpaired) electrons. The number of aromatic nitrogens is 2. The van der Waals surface area contributed by atoms with Crippen LogP contribution in [0.2, 0.25) is 0 Å². The Kier molecular flexibility index (Phi) is 41.9. The lowest BCUT2D eigenvalue weighted by atomic mass is 9.94. The molecule has 1 heterocycles. The van der Waals surface area contributed by atoms with Crippen LogP contribution in [0, 0.1) is 24.7 Å². The van der Waals surface area contributed by atoms with Crippen LogP contribution in [0.3, 0.4) is 0 Å². The fraction of sp³-hybridized carbons (Fsp3) is 0.914. The Bertz CT molecular complexity index is 1130. The maximum absolute atomic E-state index is 12.6. The lowest BCUT2D eigenvalue weighted by Gasteiger charge is -2.35. The maximum atomic E-state index is 12.6. The number of rotatable bonds is 49. The molecule has 0 aliphatic rings. The van der Waals surface area contributed by atoms with E-state index in [-0.39, 0.29) is 11.9 Å². The van der Waals surface area contributed by atoms with Gasteiger partial charge in [-0.05, 0) is 88.9 Å². The molecule has 382 valence electrons. The highest BCUT2D eigenvalue weighted by Crippen LogP contribution is 2.25. The fourth-order valence-electron chi connectivity index (χ4n) is 9.84. The Hall–Kier alpha value is -1.89. The van der Waals surface area contributed by atoms with Crippen molar-refractivity contribution < 1.29 is 19.1 Å². The van der Waals surface area contributed by atoms with Gasteiger partial charge in [0.15, 0.2) is 0 Å². The summed E-state index contributed by atoms with van der Waals surface area (Å²) >= 11 is 0. The molecule has 3 atom stereocenters. The number of imidazole rings is 1. The minimum Gasteiger partial charge on any atom is -0.465 e. The van der Waals surface area contributed by atoms with Gasteiger partial charge in [-0.3, -0.25) is 9.59 Å². The van der Waals surface area contributed by atoms with E-state index in [0.717, 1.165) is 56.8 Å². The zero-order valence-corrected chi connectivity index (χ0v) is 44.6. The quantitative estimate of drug-likeness (QED) is 0.0479. The third-order valence-corrected chi connectivity index (χ3v) is 14.3. The summed E-state index contributed by atoms with van der Waals surface area (Å²) in [4.78, 5) is 32.7. The van der Waals surface area contributed by atoms with Crippen molar-refractivity contribution in [1.29, 1.82) is 0 Å². The molecule has 7 heteroatoms. The smallest absolute Gasteiger partial charge is 0.305 e. The number of hydrogen-bond donors (Lipinski definition) is 0. The lowest BCUT2D eigenvalue weighted by molar-refractivity contribution is -0.146. The predicted molar refractivity (Wildman–Crippen MR) is 280 cm³/mol. The van der Waals surface area contributed by atoms with Crippen molar-refractivity contribution in [3.05, 3.63) is 18.2 Å². The molecule has 0 saturated carbocycles. The van der Waals surface area contributed by atoms with Gasteiger partial charge < -0.3 is 18.9 Å². The number of carbonyl (C=O) groups is 2. The molecule has 3 unspecified atom stereocenters. The zero-order chi connectivity index (χ0) is 47.4. The van der Waals surface area contributed by atoms with Gasteiger partial charge >= 0.3 is 11.9 Å². The van der Waals surface area contributed by atoms with Crippen molar-refractivity contribution in [2.45, 2.75) is 299 Å². The van der Waals surface area contributed by atoms with Crippen molar-refractivity contribution in [3.8, 4) is 0 Å². The molecule has 0 bridgehead atoms. The van der Waals surface area contributed by atoms with Crippen molar-refractivity contribution in [2.24, 2.45) is 17.8 Å². The Balaban J connectivity index is 2.63. The normalized spacial score (nSPS) is 13.6. The van der Waals surface area contributed by atoms with Crippen molar-refractivity contribution in [3.63, 3.8) is 0 Å². The average molecular weight is 915 g/mol. The van der Waals surface area contributed by atoms with Crippen LogP contribution < -0.4 is 0 Å². The average Bonchev–Trinajstić information content (AvgIpc) is 3.73. The highest BCUT2D eigenvalue weighted by atomic mass is 16.5. The van der Waals surface area contributed by atoms with Crippen LogP contribution in [0.5, 0.6) is 0 Å². The van der Waals surface area contributed by atoms with E-state index in [1.54, 1.807) is 0 Å². The summed E-state index contributed by atoms with van der Waals surface area (Å²) in [5.41, 5.74) is 1.10. The first kappa shape index (κ1) is 61.1. The summed E-state index contributed by atoms with van der Waals surface area (Å²) in [5.74, 6) is 1.89. The topological polar surface area (TPSA) is 73.7 Å². The summed E-state index contributed by atoms with van der Waals surface area (Å²) in [5, 5.41) is 0. The third-order valence-electron chi connectivity index (χ3n) is 14.3. The fourth-order valence-corrected chi connectivity index (χ4v) is 9.84. The molecule has 0 amide bonds. The van der Waals surface area contributed by atoms with Gasteiger partial charge in [-0.25, -0.2) is 4.98 Å². The van der Waals surface area contributed by atoms with E-state index in [4.69, 9.17) is 9.47 Å². The first-order valence-electron chi connectivity index (χ1n) is 28.8. The summed E-state index contributed by atoms with van der Waals surface area (Å²) in [6, 6.07) is 0.639. The lowest BCUT2D eigenvalue weighted by Crippen LogP contribution is -2.40. The number of nitrogens with zero attached hydrogens (tertiary/aromatic N) is 3. The van der Waals surface area contributed by atoms with Crippen LogP contribution in [0.25, 0.3) is 0 Å². The Morgan fingerprint density at radius 1 is 0.508 bits per heavy atom. The van der Waals surface area contributed by atoms with E-state index in [1.807, 2.05) is 6.33 Å². The van der Waals surface area contributed by atoms with Gasteiger partial charge in [0, 0.05) is 44.7 Å². The van der Waals surface area contributed by atoms with Crippen molar-refractivity contribution in [2.75, 3.05) is 26.3 Å². The summed E-state index contributed by atoms with van der Waals surface area (Å²) < 4.78 is 13.9. The standard InChI is InChI=1S/C58H111N3O4/c1-8-14-19-29-39-54(37-17-11-4)49-64-57(62)43-33-27-23-21-25-31-41-56(61(48-53(13-6)36-16-10-3)46-35-45-60-47-52(7)59-51-60)42-32-26-22-24-28-34-44-58(63)65-50-55(38-18-12-5)40-30-20-15-9-2/h47,51,53-56H,8-46,48-50H2,1-7H3. The number of esters is 2. The van der Waals surface area contributed by atoms with Crippen molar-refractivity contribution in [1.82, 2.24) is 14.5 Å². The van der Waals surface area contributed by atoms with Crippen LogP contribution in [0.15, 0.2) is 12.5 Å². The molecule has 0 aliphatic heterocycles. The highest BCUT2D eigenvalue weighted by Gasteiger charge is 2.22. The molecule has 1 aromatic rings. The molecular weight excluding hydrogens is 803 g/mol. The second kappa shape index (κ2) is 44.6. The van der Waals surface area contributed by atoms with Gasteiger partial charge in [-0.15, -0.1) is 0 Å². The Morgan fingerprint density at radius 3 is 1.34 bits per heavy atom. The van der Waals surface area contributed by atoms with Crippen LogP contribution in [0.4, 0.5) is 0 Å². The SMILES string of the molecule is CCCCCCC(CCCC)COC(=O)CCCCCCCCC(CCCCCCCCC(=O)OCC(CCCC)CCCCCC)N(CCCn1cnc(C)c1)CC(CC)CCCC. The minimum absolute atomic E-state index is 0.0186.